The van der Waals surface area contributed by atoms with Crippen molar-refractivity contribution in [3.05, 3.63) is 355 Å². The highest BCUT2D eigenvalue weighted by atomic mass is 127. The number of aliphatic carboxylic acids is 2. The molecule has 0 radical (unpaired) electrons. The highest BCUT2D eigenvalue weighted by Gasteiger charge is 2.28. The van der Waals surface area contributed by atoms with Gasteiger partial charge in [0.15, 0.2) is 11.6 Å². The van der Waals surface area contributed by atoms with Crippen LogP contribution >= 0.6 is 66.0 Å². The number of nitrogen functional groups attached to an aromatic ring is 1. The Morgan fingerprint density at radius 3 is 1.00 bits per heavy atom. The second kappa shape index (κ2) is 59.8. The number of alkyl carbamates (subject to hydrolysis) is 3. The second-order valence-electron chi connectivity index (χ2n) is 34.1. The van der Waals surface area contributed by atoms with Gasteiger partial charge in [-0.05, 0) is 310 Å². The molecule has 0 bridgehead atoms. The molecule has 0 fully saturated rings. The van der Waals surface area contributed by atoms with Crippen molar-refractivity contribution in [2.24, 2.45) is 22.9 Å². The number of nitrogens with zero attached hydrogens (tertiary/aromatic N) is 7. The fraction of sp³-hybridized carbons (Fsp3) is 0.229. The van der Waals surface area contributed by atoms with Gasteiger partial charge in [0.25, 0.3) is 0 Å². The van der Waals surface area contributed by atoms with E-state index in [4.69, 9.17) is 68.6 Å². The molecule has 5 atom stereocenters. The van der Waals surface area contributed by atoms with Crippen LogP contribution in [0.3, 0.4) is 0 Å². The molecule has 144 heavy (non-hydrogen) atoms. The molecule has 0 saturated carbocycles. The van der Waals surface area contributed by atoms with Crippen LogP contribution in [0.2, 0.25) is 0 Å². The van der Waals surface area contributed by atoms with Gasteiger partial charge in [0, 0.05) is 87.8 Å². The number of pyridine rings is 4. The van der Waals surface area contributed by atoms with Crippen molar-refractivity contribution >= 4 is 137 Å². The molecule has 0 aliphatic carbocycles. The summed E-state index contributed by atoms with van der Waals surface area (Å²) in [5.41, 5.74) is 39.7. The van der Waals surface area contributed by atoms with Gasteiger partial charge in [-0.3, -0.25) is 34.3 Å². The summed E-state index contributed by atoms with van der Waals surface area (Å²) in [5.74, 6) is -6.48. The van der Waals surface area contributed by atoms with Crippen LogP contribution in [0.5, 0.6) is 0 Å². The molecular weight excluding hydrogens is 2110 g/mol. The van der Waals surface area contributed by atoms with Gasteiger partial charge in [0.05, 0.1) is 28.6 Å². The van der Waals surface area contributed by atoms with E-state index >= 15 is 0 Å². The Morgan fingerprint density at radius 1 is 0.431 bits per heavy atom. The van der Waals surface area contributed by atoms with E-state index < -0.39 is 120 Å². The summed E-state index contributed by atoms with van der Waals surface area (Å²) in [4.78, 5) is 108. The van der Waals surface area contributed by atoms with Crippen molar-refractivity contribution < 1.29 is 86.0 Å². The molecule has 0 unspecified atom stereocenters. The zero-order valence-corrected chi connectivity index (χ0v) is 85.7. The van der Waals surface area contributed by atoms with Gasteiger partial charge in [-0.15, -0.1) is 0 Å². The number of hydrogen-bond donors (Lipinski definition) is 13. The predicted molar refractivity (Wildman–Crippen MR) is 566 cm³/mol. The maximum atomic E-state index is 14.2. The van der Waals surface area contributed by atoms with E-state index in [1.807, 2.05) is 195 Å². The molecule has 5 heterocycles. The average molecular weight is 2230 g/mol. The third-order valence-electron chi connectivity index (χ3n) is 19.1. The summed E-state index contributed by atoms with van der Waals surface area (Å²) in [5, 5.41) is 63.9. The quantitative estimate of drug-likeness (QED) is 0.0109. The van der Waals surface area contributed by atoms with E-state index in [-0.39, 0.29) is 41.6 Å². The number of ether oxygens (including phenoxy) is 3. The number of hydrogen-bond acceptors (Lipinski definition) is 24. The monoisotopic (exact) mass is 2220 g/mol. The zero-order chi connectivity index (χ0) is 106. The lowest BCUT2D eigenvalue weighted by Crippen LogP contribution is -2.47. The Morgan fingerprint density at radius 2 is 0.722 bits per heavy atom. The Bertz CT molecular complexity index is 6220. The van der Waals surface area contributed by atoms with Crippen LogP contribution < -0.4 is 55.4 Å². The maximum Gasteiger partial charge on any atom is 0.488 e. The lowest BCUT2D eigenvalue weighted by molar-refractivity contribution is -0.140. The Hall–Kier alpha value is -14.8. The van der Waals surface area contributed by atoms with Gasteiger partial charge in [-0.2, -0.15) is 14.9 Å². The summed E-state index contributed by atoms with van der Waals surface area (Å²) in [6.07, 6.45) is 13.2. The summed E-state index contributed by atoms with van der Waals surface area (Å²) >= 11 is 9.63. The minimum atomic E-state index is -1.34. The number of carbonyl (C=O) groups is 8. The molecule has 0 aliphatic rings. The van der Waals surface area contributed by atoms with Crippen molar-refractivity contribution in [3.8, 4) is 56.6 Å². The first-order valence-corrected chi connectivity index (χ1v) is 47.1. The van der Waals surface area contributed by atoms with Crippen LogP contribution in [0.1, 0.15) is 114 Å². The first kappa shape index (κ1) is 120. The highest BCUT2D eigenvalue weighted by Crippen LogP contribution is 2.29. The van der Waals surface area contributed by atoms with Crippen LogP contribution in [0.15, 0.2) is 289 Å². The fourth-order valence-electron chi connectivity index (χ4n) is 12.2. The summed E-state index contributed by atoms with van der Waals surface area (Å²) in [7, 11) is -1.34. The van der Waals surface area contributed by atoms with Crippen molar-refractivity contribution in [1.29, 1.82) is 10.5 Å². The smallest absolute Gasteiger partial charge is 0.480 e. The molecular formula is C105H113BBr2F3IN16O15S. The zero-order valence-electron chi connectivity index (χ0n) is 79.5. The minimum absolute atomic E-state index is 0. The number of benzene rings is 8. The molecule has 6 amide bonds. The number of halogens is 6. The average Bonchev–Trinajstić information content (AvgIpc) is 0.861. The minimum Gasteiger partial charge on any atom is -0.480 e. The van der Waals surface area contributed by atoms with E-state index in [1.54, 1.807) is 142 Å². The first-order chi connectivity index (χ1) is 67.5. The molecule has 39 heteroatoms. The highest BCUT2D eigenvalue weighted by molar-refractivity contribution is 14.1. The van der Waals surface area contributed by atoms with Crippen LogP contribution in [0, 0.1) is 50.6 Å². The predicted octanol–water partition coefficient (Wildman–Crippen LogP) is 17.5. The standard InChI is InChI=1S/C21H16BrFN4O.C19H23N3O3.C19H22N2O4.C14H18INO4.C14H15N3O.C7H2BrF2N.C6H7BO2.C4H6N2S.CH4/c22-17-11-19(18(23)10-16(17)12-24)27-20(21(25)28)9-13-1-3-14(4-2-13)15-5-7-26-8-6-15;1-19(2,3)25-18(24)22-16(17(20)23)12-13-4-6-14(7-5-13)15-8-10-21-11-9-15;1-19(2,3)25-18(24)21-16(17(22)23)12-13-4-6-14(7-5-13)15-8-10-20-11-9-15;1-14(2,3)20-13(19)16-11(12(17)18)8-9-4-6-10(15)7-5-9;15-13(14(16)18)9-10-1-3-11(4-2-10)12-5-7-17-8-6-12;8-5-2-7(10)6(9)1-4(5)3-11;8-7(9)6-4-2-1-3-5-6;1-3-2-4(5)7-6-3;/h1-8,10-11,20,27H,9H2,(H2,25,28);4-11,16H,12H2,1-3H3,(H2,20,23)(H,22,24);4-11,16H,12H2,1-3H3,(H,21,24)(H,22,23);4-7,11H,8H2,1-3H3,(H,16,19)(H,17,18);1-8,13H,9,15H2,(H2,16,18);1-2H;1-5,8-9H;2H,5H2,1H3;1H4/t20-;2*16-;11-;13-;;;;/m11111..../s1. The summed E-state index contributed by atoms with van der Waals surface area (Å²) in [6, 6.07) is 67.8. The number of amides is 6. The molecule has 13 rings (SSSR count). The number of carbonyl (C=O) groups excluding carboxylic acids is 6. The molecule has 13 aromatic rings. The van der Waals surface area contributed by atoms with Gasteiger partial charge in [0.2, 0.25) is 17.7 Å². The number of aryl methyl sites for hydroxylation is 1. The van der Waals surface area contributed by atoms with Crippen molar-refractivity contribution in [2.75, 3.05) is 11.1 Å². The number of primary amides is 3. The van der Waals surface area contributed by atoms with Gasteiger partial charge < -0.3 is 84.4 Å². The number of anilines is 2. The molecule has 31 nitrogen and oxygen atoms in total. The van der Waals surface area contributed by atoms with Gasteiger partial charge >= 0.3 is 37.3 Å². The third kappa shape index (κ3) is 45.4. The number of nitrogens with two attached hydrogens (primary N) is 5. The van der Waals surface area contributed by atoms with Gasteiger partial charge in [-0.25, -0.2) is 37.1 Å². The molecule has 0 spiro atoms. The van der Waals surface area contributed by atoms with Crippen molar-refractivity contribution in [1.82, 2.24) is 40.3 Å². The van der Waals surface area contributed by atoms with Crippen LogP contribution in [-0.2, 0) is 70.3 Å². The van der Waals surface area contributed by atoms with Gasteiger partial charge in [0.1, 0.15) is 63.9 Å². The molecule has 8 aromatic carbocycles. The normalized spacial score (nSPS) is 11.5. The van der Waals surface area contributed by atoms with E-state index in [2.05, 4.69) is 100 Å². The number of aromatic nitrogens is 5. The number of rotatable bonds is 25. The maximum absolute atomic E-state index is 14.2. The van der Waals surface area contributed by atoms with Crippen LogP contribution in [0.25, 0.3) is 44.5 Å². The van der Waals surface area contributed by atoms with Crippen LogP contribution in [-0.4, -0.2) is 147 Å². The summed E-state index contributed by atoms with van der Waals surface area (Å²) in [6.45, 7) is 17.5. The Labute approximate surface area is 868 Å². The number of nitrogens with one attached hydrogen (secondary N) is 4. The van der Waals surface area contributed by atoms with Crippen molar-refractivity contribution in [2.45, 2.75) is 156 Å². The third-order valence-corrected chi connectivity index (χ3v) is 21.8. The largest absolute Gasteiger partial charge is 0.488 e. The lowest BCUT2D eigenvalue weighted by atomic mass is 9.81. The SMILES string of the molecule is C.CC(C)(C)OC(=O)N[C@H](Cc1ccc(-c2ccncc2)cc1)C(=O)O.CC(C)(C)OC(=O)N[C@H](Cc1ccc(-c2ccncc2)cc1)C(N)=O.CC(C)(C)OC(=O)N[C@H](Cc1ccc(I)cc1)C(=O)O.Cc1cc(N)sn1.N#Cc1cc(F)c(F)cc1Br.N#Cc1cc(F)c(N[C@H](Cc2ccc(-c3ccncc3)cc2)C(N)=O)cc1Br.NC(=O)[C@H](N)Cc1ccc(-c2ccncc2)cc1.OB(O)c1ccccc1. The van der Waals surface area contributed by atoms with E-state index in [0.717, 1.165) is 105 Å². The number of carboxylic acid groups (broad SMARTS) is 2. The molecule has 754 valence electrons. The molecule has 5 aromatic heterocycles. The van der Waals surface area contributed by atoms with E-state index in [9.17, 15) is 56.6 Å². The molecule has 0 aliphatic heterocycles. The Balaban J connectivity index is 0.000000298. The van der Waals surface area contributed by atoms with Crippen LogP contribution in [0.4, 0.5) is 38.2 Å². The number of nitriles is 2. The topological polar surface area (TPSA) is 535 Å². The van der Waals surface area contributed by atoms with E-state index in [1.165, 1.54) is 17.6 Å². The number of carboxylic acids is 2. The first-order valence-electron chi connectivity index (χ1n) is 43.6. The molecule has 0 saturated heterocycles. The fourth-order valence-corrected chi connectivity index (χ4v) is 13.9. The summed E-state index contributed by atoms with van der Waals surface area (Å²) < 4.78 is 60.1. The second-order valence-corrected chi connectivity index (χ2v) is 37.9. The van der Waals surface area contributed by atoms with Crippen molar-refractivity contribution in [3.63, 3.8) is 0 Å². The molecule has 18 N–H and O–H groups in total. The van der Waals surface area contributed by atoms with E-state index in [0.29, 0.717) is 29.2 Å². The van der Waals surface area contributed by atoms with Gasteiger partial charge in [-0.1, -0.05) is 147 Å². The lowest BCUT2D eigenvalue weighted by Gasteiger charge is -2.22. The Kier molecular flexibility index (Phi) is 49.7.